The van der Waals surface area contributed by atoms with Gasteiger partial charge in [-0.2, -0.15) is 27.1 Å². The maximum atomic E-state index is 13.9. The first-order chi connectivity index (χ1) is 19.1. The van der Waals surface area contributed by atoms with Crippen molar-refractivity contribution in [3.8, 4) is 5.75 Å². The number of aryl methyl sites for hydroxylation is 1. The van der Waals surface area contributed by atoms with E-state index in [0.29, 0.717) is 20.0 Å². The summed E-state index contributed by atoms with van der Waals surface area (Å²) in [6, 6.07) is 2.50. The Balaban J connectivity index is 2.05. The van der Waals surface area contributed by atoms with E-state index < -0.39 is 62.9 Å². The van der Waals surface area contributed by atoms with Crippen LogP contribution in [0, 0.1) is 6.92 Å². The number of hydrogen-bond acceptors (Lipinski definition) is 8. The number of alkyl halides is 5. The van der Waals surface area contributed by atoms with Crippen LogP contribution in [0.5, 0.6) is 5.75 Å². The molecule has 42 heavy (non-hydrogen) atoms. The Morgan fingerprint density at radius 2 is 1.81 bits per heavy atom. The Morgan fingerprint density at radius 3 is 2.33 bits per heavy atom. The average Bonchev–Trinajstić information content (AvgIpc) is 3.23. The molecular formula is C25H31F5N4O7S. The highest BCUT2D eigenvalue weighted by Crippen LogP contribution is 2.43. The second-order valence-corrected chi connectivity index (χ2v) is 12.5. The second-order valence-electron chi connectivity index (χ2n) is 10.8. The van der Waals surface area contributed by atoms with Gasteiger partial charge in [0.2, 0.25) is 5.60 Å². The van der Waals surface area contributed by atoms with Gasteiger partial charge in [-0.25, -0.2) is 17.9 Å². The number of ether oxygens (including phenoxy) is 2. The van der Waals surface area contributed by atoms with E-state index >= 15 is 0 Å². The molecule has 1 aliphatic heterocycles. The number of rotatable bonds is 9. The predicted molar refractivity (Wildman–Crippen MR) is 139 cm³/mol. The van der Waals surface area contributed by atoms with Gasteiger partial charge in [-0.15, -0.1) is 0 Å². The number of Topliss-reactive ketones (excluding diaryl/α,β-unsaturated/α-hetero) is 1. The molecule has 0 unspecified atom stereocenters. The molecule has 0 spiro atoms. The number of aromatic nitrogens is 2. The second kappa shape index (κ2) is 11.3. The minimum Gasteiger partial charge on any atom is -0.486 e. The lowest BCUT2D eigenvalue weighted by Crippen LogP contribution is -2.51. The summed E-state index contributed by atoms with van der Waals surface area (Å²) in [5, 5.41) is 15.7. The number of ketones is 1. The predicted octanol–water partition coefficient (Wildman–Crippen LogP) is 4.94. The number of halogens is 5. The molecule has 2 atom stereocenters. The third-order valence-corrected chi connectivity index (χ3v) is 8.61. The molecule has 3 rings (SSSR count). The lowest BCUT2D eigenvalue weighted by Gasteiger charge is -2.41. The summed E-state index contributed by atoms with van der Waals surface area (Å²) in [4.78, 5) is 24.0. The summed E-state index contributed by atoms with van der Waals surface area (Å²) in [6.07, 6.45) is -6.89. The fourth-order valence-electron chi connectivity index (χ4n) is 4.08. The third-order valence-electron chi connectivity index (χ3n) is 6.61. The van der Waals surface area contributed by atoms with Gasteiger partial charge in [-0.1, -0.05) is 0 Å². The molecule has 0 saturated heterocycles. The van der Waals surface area contributed by atoms with Crippen molar-refractivity contribution >= 4 is 33.3 Å². The van der Waals surface area contributed by atoms with Crippen molar-refractivity contribution in [3.63, 3.8) is 0 Å². The van der Waals surface area contributed by atoms with E-state index in [1.165, 1.54) is 39.8 Å². The lowest BCUT2D eigenvalue weighted by atomic mass is 9.96. The third kappa shape index (κ3) is 6.77. The largest absolute Gasteiger partial charge is 0.486 e. The van der Waals surface area contributed by atoms with Crippen molar-refractivity contribution in [2.75, 3.05) is 9.62 Å². The first kappa shape index (κ1) is 33.0. The van der Waals surface area contributed by atoms with E-state index in [-0.39, 0.29) is 40.3 Å². The molecule has 0 fully saturated rings. The van der Waals surface area contributed by atoms with Gasteiger partial charge in [-0.3, -0.25) is 14.4 Å². The van der Waals surface area contributed by atoms with Crippen molar-refractivity contribution in [1.82, 2.24) is 9.78 Å². The molecule has 234 valence electrons. The highest BCUT2D eigenvalue weighted by atomic mass is 32.2. The summed E-state index contributed by atoms with van der Waals surface area (Å²) in [5.74, 6) is -0.585. The van der Waals surface area contributed by atoms with Crippen molar-refractivity contribution < 1.29 is 54.5 Å². The van der Waals surface area contributed by atoms with Crippen molar-refractivity contribution in [3.05, 3.63) is 30.1 Å². The van der Waals surface area contributed by atoms with Crippen LogP contribution in [0.4, 0.5) is 38.1 Å². The molecule has 1 amide bonds. The highest BCUT2D eigenvalue weighted by molar-refractivity contribution is 7.93. The molecule has 0 bridgehead atoms. The van der Waals surface area contributed by atoms with Gasteiger partial charge in [0.25, 0.3) is 10.0 Å². The molecule has 1 aliphatic rings. The molecule has 2 N–H and O–H groups in total. The first-order valence-corrected chi connectivity index (χ1v) is 14.0. The molecule has 0 saturated carbocycles. The van der Waals surface area contributed by atoms with E-state index in [9.17, 15) is 45.1 Å². The lowest BCUT2D eigenvalue weighted by molar-refractivity contribution is -0.242. The normalized spacial score (nSPS) is 18.0. The Labute approximate surface area is 238 Å². The smallest absolute Gasteiger partial charge is 0.427 e. The van der Waals surface area contributed by atoms with E-state index in [4.69, 9.17) is 4.74 Å². The number of amides is 1. The van der Waals surface area contributed by atoms with Crippen LogP contribution in [-0.2, 0) is 19.6 Å². The van der Waals surface area contributed by atoms with Gasteiger partial charge in [0.1, 0.15) is 22.4 Å². The Hall–Kier alpha value is -3.47. The van der Waals surface area contributed by atoms with E-state index in [1.807, 2.05) is 0 Å². The number of nitrogens with one attached hydrogen (secondary N) is 1. The van der Waals surface area contributed by atoms with Gasteiger partial charge in [0.05, 0.1) is 23.6 Å². The van der Waals surface area contributed by atoms with Crippen LogP contribution in [-0.4, -0.2) is 64.7 Å². The van der Waals surface area contributed by atoms with Gasteiger partial charge >= 0.3 is 18.8 Å². The number of aliphatic hydroxyl groups is 1. The number of sulfonamides is 1. The number of fused-ring (bicyclic) bond motifs is 1. The minimum absolute atomic E-state index is 0.0381. The van der Waals surface area contributed by atoms with Crippen LogP contribution < -0.4 is 14.4 Å². The summed E-state index contributed by atoms with van der Waals surface area (Å²) >= 11 is 0. The molecule has 0 aliphatic carbocycles. The molecule has 2 heterocycles. The SMILES string of the molecule is Cc1nn(C(F)F)cc1S(=O)(=O)N1c2cc(NC(=O)OC(C)(C)C(F)(F)F)ccc2O[C@@H](CCC(=O)C(C)(C)O)[C@H]1C. The molecule has 1 aromatic heterocycles. The topological polar surface area (TPSA) is 140 Å². The zero-order valence-corrected chi connectivity index (χ0v) is 24.3. The van der Waals surface area contributed by atoms with Crippen LogP contribution in [0.25, 0.3) is 0 Å². The molecule has 11 nitrogen and oxygen atoms in total. The van der Waals surface area contributed by atoms with Crippen LogP contribution in [0.1, 0.15) is 59.7 Å². The van der Waals surface area contributed by atoms with Crippen molar-refractivity contribution in [2.45, 2.75) is 95.4 Å². The van der Waals surface area contributed by atoms with Crippen LogP contribution in [0.15, 0.2) is 29.3 Å². The molecule has 0 radical (unpaired) electrons. The van der Waals surface area contributed by atoms with E-state index in [2.05, 4.69) is 15.2 Å². The monoisotopic (exact) mass is 626 g/mol. The van der Waals surface area contributed by atoms with Gasteiger partial charge in [0.15, 0.2) is 5.78 Å². The standard InChI is InChI=1S/C25H31F5N4O7S/c1-13-19(12-33(32-13)21(26)27)42(38,39)34-14(2)17(9-10-20(35)23(3,4)37)40-18-8-7-15(11-16(18)34)31-22(36)41-24(5,6)25(28,29)30/h7-8,11-12,14,17,21,37H,9-10H2,1-6H3,(H,31,36)/t14-,17+/m1/s1. The molecule has 1 aromatic carbocycles. The molecule has 2 aromatic rings. The Kier molecular flexibility index (Phi) is 8.90. The van der Waals surface area contributed by atoms with Gasteiger partial charge < -0.3 is 14.6 Å². The van der Waals surface area contributed by atoms with E-state index in [1.54, 1.807) is 0 Å². The summed E-state index contributed by atoms with van der Waals surface area (Å²) in [7, 11) is -4.65. The quantitative estimate of drug-likeness (QED) is 0.373. The first-order valence-electron chi connectivity index (χ1n) is 12.6. The number of hydrogen-bond donors (Lipinski definition) is 2. The number of anilines is 2. The van der Waals surface area contributed by atoms with Crippen LogP contribution in [0.3, 0.4) is 0 Å². The summed E-state index contributed by atoms with van der Waals surface area (Å²) < 4.78 is 105. The number of carbonyl (C=O) groups is 2. The zero-order valence-electron chi connectivity index (χ0n) is 23.5. The highest BCUT2D eigenvalue weighted by Gasteiger charge is 2.51. The average molecular weight is 627 g/mol. The van der Waals surface area contributed by atoms with Crippen molar-refractivity contribution in [1.29, 1.82) is 0 Å². The zero-order chi connectivity index (χ0) is 32.0. The minimum atomic E-state index is -4.88. The Bertz CT molecular complexity index is 1450. The Morgan fingerprint density at radius 1 is 1.19 bits per heavy atom. The van der Waals surface area contributed by atoms with Crippen LogP contribution >= 0.6 is 0 Å². The number of carbonyl (C=O) groups excluding carboxylic acids is 2. The molecular weight excluding hydrogens is 595 g/mol. The number of nitrogens with zero attached hydrogens (tertiary/aromatic N) is 3. The summed E-state index contributed by atoms with van der Waals surface area (Å²) in [6.45, 7) is 3.41. The van der Waals surface area contributed by atoms with Gasteiger partial charge in [-0.05, 0) is 66.2 Å². The van der Waals surface area contributed by atoms with Crippen molar-refractivity contribution in [2.24, 2.45) is 0 Å². The van der Waals surface area contributed by atoms with E-state index in [0.717, 1.165) is 10.4 Å². The maximum Gasteiger partial charge on any atom is 0.427 e. The fourth-order valence-corrected chi connectivity index (χ4v) is 5.93. The summed E-state index contributed by atoms with van der Waals surface area (Å²) in [5.41, 5.74) is -5.07. The van der Waals surface area contributed by atoms with Crippen LogP contribution in [0.2, 0.25) is 0 Å². The fraction of sp³-hybridized carbons (Fsp3) is 0.560. The number of benzene rings is 1. The molecule has 17 heteroatoms. The maximum absolute atomic E-state index is 13.9. The van der Waals surface area contributed by atoms with Gasteiger partial charge in [0, 0.05) is 12.1 Å².